The number of hydrogen-bond donors (Lipinski definition) is 1. The van der Waals surface area contributed by atoms with Gasteiger partial charge in [0.2, 0.25) is 0 Å². The maximum Gasteiger partial charge on any atom is 0.150 e. The number of nitrogens with zero attached hydrogens (tertiary/aromatic N) is 3. The number of hydrogen-bond acceptors (Lipinski definition) is 5. The van der Waals surface area contributed by atoms with E-state index in [1.807, 2.05) is 17.9 Å². The van der Waals surface area contributed by atoms with Gasteiger partial charge in [0, 0.05) is 30.5 Å². The summed E-state index contributed by atoms with van der Waals surface area (Å²) in [6.45, 7) is 2.88. The van der Waals surface area contributed by atoms with Gasteiger partial charge in [0.1, 0.15) is 0 Å². The first-order valence-corrected chi connectivity index (χ1v) is 8.37. The molecule has 0 aliphatic carbocycles. The van der Waals surface area contributed by atoms with Crippen LogP contribution in [0.1, 0.15) is 11.3 Å². The number of fused-ring (bicyclic) bond motifs is 1. The van der Waals surface area contributed by atoms with Crippen LogP contribution in [0.4, 0.5) is 5.69 Å². The van der Waals surface area contributed by atoms with Crippen LogP contribution in [0, 0.1) is 6.92 Å². The predicted molar refractivity (Wildman–Crippen MR) is 86.7 cm³/mol. The highest BCUT2D eigenvalue weighted by atomic mass is 32.2. The van der Waals surface area contributed by atoms with Gasteiger partial charge in [-0.25, -0.2) is 4.98 Å². The quantitative estimate of drug-likeness (QED) is 0.747. The molecule has 0 aliphatic heterocycles. The second-order valence-corrected chi connectivity index (χ2v) is 6.68. The molecule has 0 atom stereocenters. The molecule has 3 rings (SSSR count). The van der Waals surface area contributed by atoms with Gasteiger partial charge in [-0.1, -0.05) is 11.8 Å². The third-order valence-electron chi connectivity index (χ3n) is 3.36. The summed E-state index contributed by atoms with van der Waals surface area (Å²) in [4.78, 5) is 4.55. The third-order valence-corrected chi connectivity index (χ3v) is 5.37. The standard InChI is InChI=1S/C14H16N4S2/c1-9-10(8-16-18(9)2)7-15-11-4-5-12-13(6-11)20-14(17-12)19-3/h4-6,8,15H,7H2,1-3H3. The molecular weight excluding hydrogens is 288 g/mol. The zero-order valence-corrected chi connectivity index (χ0v) is 13.3. The fourth-order valence-corrected chi connectivity index (χ4v) is 3.54. The van der Waals surface area contributed by atoms with E-state index in [0.717, 1.165) is 22.1 Å². The molecule has 4 nitrogen and oxygen atoms in total. The minimum Gasteiger partial charge on any atom is -0.381 e. The molecule has 0 saturated heterocycles. The van der Waals surface area contributed by atoms with Gasteiger partial charge in [-0.05, 0) is 31.4 Å². The lowest BCUT2D eigenvalue weighted by Gasteiger charge is -2.06. The van der Waals surface area contributed by atoms with Gasteiger partial charge >= 0.3 is 0 Å². The van der Waals surface area contributed by atoms with E-state index in [9.17, 15) is 0 Å². The van der Waals surface area contributed by atoms with Crippen molar-refractivity contribution in [2.45, 2.75) is 17.8 Å². The van der Waals surface area contributed by atoms with Crippen molar-refractivity contribution in [3.63, 3.8) is 0 Å². The van der Waals surface area contributed by atoms with Gasteiger partial charge in [0.05, 0.1) is 16.4 Å². The van der Waals surface area contributed by atoms with Gasteiger partial charge in [-0.2, -0.15) is 5.10 Å². The smallest absolute Gasteiger partial charge is 0.150 e. The van der Waals surface area contributed by atoms with Crippen molar-refractivity contribution >= 4 is 39.0 Å². The third kappa shape index (κ3) is 2.53. The molecule has 0 spiro atoms. The molecule has 104 valence electrons. The predicted octanol–water partition coefficient (Wildman–Crippen LogP) is 3.67. The van der Waals surface area contributed by atoms with E-state index in [1.165, 1.54) is 16.0 Å². The lowest BCUT2D eigenvalue weighted by molar-refractivity contribution is 0.738. The van der Waals surface area contributed by atoms with Crippen molar-refractivity contribution < 1.29 is 0 Å². The number of aromatic nitrogens is 3. The van der Waals surface area contributed by atoms with Crippen molar-refractivity contribution in [3.8, 4) is 0 Å². The van der Waals surface area contributed by atoms with Crippen molar-refractivity contribution in [2.75, 3.05) is 11.6 Å². The summed E-state index contributed by atoms with van der Waals surface area (Å²) in [5.41, 5.74) is 4.61. The Balaban J connectivity index is 1.79. The zero-order chi connectivity index (χ0) is 14.1. The molecule has 1 N–H and O–H groups in total. The van der Waals surface area contributed by atoms with E-state index in [1.54, 1.807) is 23.1 Å². The van der Waals surface area contributed by atoms with Crippen molar-refractivity contribution in [3.05, 3.63) is 35.7 Å². The highest BCUT2D eigenvalue weighted by molar-refractivity contribution is 8.00. The van der Waals surface area contributed by atoms with Crippen LogP contribution in [0.5, 0.6) is 0 Å². The lowest BCUT2D eigenvalue weighted by atomic mass is 10.2. The molecule has 2 heterocycles. The molecule has 6 heteroatoms. The highest BCUT2D eigenvalue weighted by Gasteiger charge is 2.06. The SMILES string of the molecule is CSc1nc2ccc(NCc3cnn(C)c3C)cc2s1. The lowest BCUT2D eigenvalue weighted by Crippen LogP contribution is -2.01. The van der Waals surface area contributed by atoms with Gasteiger partial charge in [-0.3, -0.25) is 4.68 Å². The van der Waals surface area contributed by atoms with Crippen LogP contribution < -0.4 is 5.32 Å². The van der Waals surface area contributed by atoms with E-state index >= 15 is 0 Å². The number of rotatable bonds is 4. The van der Waals surface area contributed by atoms with Crippen LogP contribution in [-0.2, 0) is 13.6 Å². The van der Waals surface area contributed by atoms with Gasteiger partial charge in [-0.15, -0.1) is 11.3 Å². The number of thioether (sulfide) groups is 1. The molecule has 0 amide bonds. The molecule has 0 fully saturated rings. The number of benzene rings is 1. The Labute approximate surface area is 126 Å². The average Bonchev–Trinajstić information content (AvgIpc) is 3.01. The summed E-state index contributed by atoms with van der Waals surface area (Å²) < 4.78 is 4.23. The van der Waals surface area contributed by atoms with Crippen LogP contribution in [0.15, 0.2) is 28.7 Å². The minimum atomic E-state index is 0.791. The molecule has 2 aromatic heterocycles. The molecule has 0 unspecified atom stereocenters. The van der Waals surface area contributed by atoms with E-state index in [-0.39, 0.29) is 0 Å². The number of aryl methyl sites for hydroxylation is 1. The minimum absolute atomic E-state index is 0.791. The van der Waals surface area contributed by atoms with E-state index in [0.29, 0.717) is 0 Å². The monoisotopic (exact) mass is 304 g/mol. The van der Waals surface area contributed by atoms with Crippen molar-refractivity contribution in [2.24, 2.45) is 7.05 Å². The van der Waals surface area contributed by atoms with Crippen LogP contribution in [-0.4, -0.2) is 21.0 Å². The molecule has 0 radical (unpaired) electrons. The normalized spacial score (nSPS) is 11.2. The number of nitrogens with one attached hydrogen (secondary N) is 1. The molecule has 3 aromatic rings. The van der Waals surface area contributed by atoms with E-state index < -0.39 is 0 Å². The van der Waals surface area contributed by atoms with E-state index in [2.05, 4.69) is 46.8 Å². The molecule has 0 saturated carbocycles. The van der Waals surface area contributed by atoms with Gasteiger partial charge in [0.25, 0.3) is 0 Å². The van der Waals surface area contributed by atoms with Crippen LogP contribution in [0.2, 0.25) is 0 Å². The molecular formula is C14H16N4S2. The van der Waals surface area contributed by atoms with Crippen molar-refractivity contribution in [1.29, 1.82) is 0 Å². The van der Waals surface area contributed by atoms with Crippen LogP contribution in [0.3, 0.4) is 0 Å². The first-order chi connectivity index (χ1) is 9.67. The number of anilines is 1. The molecule has 20 heavy (non-hydrogen) atoms. The van der Waals surface area contributed by atoms with Crippen LogP contribution >= 0.6 is 23.1 Å². The van der Waals surface area contributed by atoms with E-state index in [4.69, 9.17) is 0 Å². The summed E-state index contributed by atoms with van der Waals surface area (Å²) >= 11 is 3.43. The summed E-state index contributed by atoms with van der Waals surface area (Å²) in [5.74, 6) is 0. The van der Waals surface area contributed by atoms with Gasteiger partial charge in [0.15, 0.2) is 4.34 Å². The maximum absolute atomic E-state index is 4.55. The first-order valence-electron chi connectivity index (χ1n) is 6.33. The van der Waals surface area contributed by atoms with Crippen molar-refractivity contribution in [1.82, 2.24) is 14.8 Å². The Morgan fingerprint density at radius 2 is 2.25 bits per heavy atom. The summed E-state index contributed by atoms with van der Waals surface area (Å²) in [5, 5.41) is 7.71. The fraction of sp³-hybridized carbons (Fsp3) is 0.286. The first kappa shape index (κ1) is 13.5. The fourth-order valence-electron chi connectivity index (χ4n) is 2.02. The Hall–Kier alpha value is -1.53. The second-order valence-electron chi connectivity index (χ2n) is 4.60. The second kappa shape index (κ2) is 5.46. The van der Waals surface area contributed by atoms with Crippen LogP contribution in [0.25, 0.3) is 10.2 Å². The maximum atomic E-state index is 4.55. The zero-order valence-electron chi connectivity index (χ0n) is 11.7. The van der Waals surface area contributed by atoms with Gasteiger partial charge < -0.3 is 5.32 Å². The highest BCUT2D eigenvalue weighted by Crippen LogP contribution is 2.30. The Bertz CT molecular complexity index is 745. The average molecular weight is 304 g/mol. The Morgan fingerprint density at radius 3 is 2.95 bits per heavy atom. The molecule has 0 aliphatic rings. The Morgan fingerprint density at radius 1 is 1.40 bits per heavy atom. The summed E-state index contributed by atoms with van der Waals surface area (Å²) in [6.07, 6.45) is 3.97. The summed E-state index contributed by atoms with van der Waals surface area (Å²) in [7, 11) is 1.96. The topological polar surface area (TPSA) is 42.7 Å². The summed E-state index contributed by atoms with van der Waals surface area (Å²) in [6, 6.07) is 6.32. The Kier molecular flexibility index (Phi) is 3.67. The number of thiazole rings is 1. The molecule has 0 bridgehead atoms. The largest absolute Gasteiger partial charge is 0.381 e. The molecule has 1 aromatic carbocycles.